The number of hydrazine groups is 1. The van der Waals surface area contributed by atoms with Crippen LogP contribution in [0.5, 0.6) is 0 Å². The van der Waals surface area contributed by atoms with Gasteiger partial charge in [-0.1, -0.05) is 25.1 Å². The zero-order valence-electron chi connectivity index (χ0n) is 15.3. The van der Waals surface area contributed by atoms with Crippen molar-refractivity contribution in [3.63, 3.8) is 0 Å². The van der Waals surface area contributed by atoms with Crippen LogP contribution in [0, 0.1) is 6.92 Å². The van der Waals surface area contributed by atoms with Crippen LogP contribution < -0.4 is 16.4 Å². The molecule has 0 radical (unpaired) electrons. The van der Waals surface area contributed by atoms with Gasteiger partial charge in [-0.3, -0.25) is 29.9 Å². The molecule has 9 heteroatoms. The molecule has 3 aromatic rings. The third kappa shape index (κ3) is 3.57. The van der Waals surface area contributed by atoms with Gasteiger partial charge in [0.2, 0.25) is 0 Å². The largest absolute Gasteiger partial charge is 0.290 e. The minimum atomic E-state index is -0.608. The van der Waals surface area contributed by atoms with Crippen LogP contribution in [0.25, 0.3) is 10.8 Å². The number of carbonyl (C=O) groups excluding carboxylic acids is 2. The Labute approximate surface area is 155 Å². The first-order valence-corrected chi connectivity index (χ1v) is 8.53. The van der Waals surface area contributed by atoms with Gasteiger partial charge in [0.15, 0.2) is 5.69 Å². The van der Waals surface area contributed by atoms with Crippen LogP contribution in [0.3, 0.4) is 0 Å². The van der Waals surface area contributed by atoms with Crippen molar-refractivity contribution >= 4 is 22.6 Å². The minimum absolute atomic E-state index is 0.0696. The number of nitrogens with one attached hydrogen (secondary N) is 2. The van der Waals surface area contributed by atoms with Gasteiger partial charge < -0.3 is 0 Å². The van der Waals surface area contributed by atoms with E-state index in [4.69, 9.17) is 0 Å². The summed E-state index contributed by atoms with van der Waals surface area (Å²) in [5, 5.41) is 9.11. The van der Waals surface area contributed by atoms with Crippen LogP contribution in [-0.2, 0) is 13.6 Å². The summed E-state index contributed by atoms with van der Waals surface area (Å²) in [4.78, 5) is 37.3. The van der Waals surface area contributed by atoms with Gasteiger partial charge in [0.25, 0.3) is 17.4 Å². The molecule has 140 valence electrons. The van der Waals surface area contributed by atoms with E-state index in [0.717, 1.165) is 0 Å². The van der Waals surface area contributed by atoms with Crippen molar-refractivity contribution in [2.45, 2.75) is 26.8 Å². The predicted octanol–water partition coefficient (Wildman–Crippen LogP) is 0.923. The van der Waals surface area contributed by atoms with Gasteiger partial charge in [0.1, 0.15) is 5.69 Å². The van der Waals surface area contributed by atoms with Gasteiger partial charge in [-0.05, 0) is 25.5 Å². The Bertz CT molecular complexity index is 1080. The molecule has 0 aliphatic rings. The molecule has 0 spiro atoms. The highest BCUT2D eigenvalue weighted by molar-refractivity contribution is 6.05. The minimum Gasteiger partial charge on any atom is -0.267 e. The molecular weight excluding hydrogens is 348 g/mol. The van der Waals surface area contributed by atoms with E-state index in [9.17, 15) is 14.4 Å². The quantitative estimate of drug-likeness (QED) is 0.666. The van der Waals surface area contributed by atoms with Crippen molar-refractivity contribution in [3.8, 4) is 0 Å². The van der Waals surface area contributed by atoms with Gasteiger partial charge in [0.05, 0.1) is 11.1 Å². The fourth-order valence-corrected chi connectivity index (χ4v) is 2.83. The Morgan fingerprint density at radius 2 is 1.74 bits per heavy atom. The van der Waals surface area contributed by atoms with Crippen molar-refractivity contribution in [1.29, 1.82) is 0 Å². The maximum absolute atomic E-state index is 12.6. The van der Waals surface area contributed by atoms with Crippen LogP contribution >= 0.6 is 0 Å². The lowest BCUT2D eigenvalue weighted by Crippen LogP contribution is -2.43. The molecule has 0 atom stereocenters. The van der Waals surface area contributed by atoms with Gasteiger partial charge >= 0.3 is 0 Å². The number of aromatic nitrogens is 4. The van der Waals surface area contributed by atoms with E-state index >= 15 is 0 Å². The second kappa shape index (κ2) is 7.40. The Morgan fingerprint density at radius 1 is 1.07 bits per heavy atom. The molecule has 2 N–H and O–H groups in total. The highest BCUT2D eigenvalue weighted by Crippen LogP contribution is 2.13. The molecule has 0 unspecified atom stereocenters. The zero-order chi connectivity index (χ0) is 19.6. The summed E-state index contributed by atoms with van der Waals surface area (Å²) < 4.78 is 2.69. The summed E-state index contributed by atoms with van der Waals surface area (Å²) in [5.41, 5.74) is 5.53. The number of benzene rings is 1. The number of aryl methyl sites for hydroxylation is 3. The Hall–Kier alpha value is -3.49. The van der Waals surface area contributed by atoms with Crippen LogP contribution in [0.2, 0.25) is 0 Å². The molecule has 0 aliphatic carbocycles. The first-order valence-electron chi connectivity index (χ1n) is 8.53. The lowest BCUT2D eigenvalue weighted by atomic mass is 10.1. The third-order valence-electron chi connectivity index (χ3n) is 4.04. The number of nitrogens with zero attached hydrogens (tertiary/aromatic N) is 4. The maximum atomic E-state index is 12.6. The average molecular weight is 368 g/mol. The van der Waals surface area contributed by atoms with Crippen molar-refractivity contribution in [2.75, 3.05) is 0 Å². The Kier molecular flexibility index (Phi) is 5.02. The summed E-state index contributed by atoms with van der Waals surface area (Å²) in [6.07, 6.45) is 0.697. The molecule has 2 aromatic heterocycles. The van der Waals surface area contributed by atoms with Crippen LogP contribution in [0.1, 0.15) is 40.0 Å². The summed E-state index contributed by atoms with van der Waals surface area (Å²) in [5.74, 6) is -1.11. The summed E-state index contributed by atoms with van der Waals surface area (Å²) in [7, 11) is 1.64. The van der Waals surface area contributed by atoms with E-state index in [1.807, 2.05) is 6.92 Å². The topological polar surface area (TPSA) is 111 Å². The number of carbonyl (C=O) groups is 2. The van der Waals surface area contributed by atoms with Gasteiger partial charge in [-0.15, -0.1) is 0 Å². The summed E-state index contributed by atoms with van der Waals surface area (Å²) in [6.45, 7) is 4.08. The van der Waals surface area contributed by atoms with Gasteiger partial charge in [-0.2, -0.15) is 10.2 Å². The molecule has 27 heavy (non-hydrogen) atoms. The number of fused-ring (bicyclic) bond motifs is 1. The van der Waals surface area contributed by atoms with Crippen molar-refractivity contribution in [3.05, 3.63) is 57.8 Å². The molecule has 0 fully saturated rings. The first-order chi connectivity index (χ1) is 12.9. The van der Waals surface area contributed by atoms with Gasteiger partial charge in [-0.25, -0.2) is 4.68 Å². The summed E-state index contributed by atoms with van der Waals surface area (Å²) in [6, 6.07) is 8.37. The van der Waals surface area contributed by atoms with E-state index < -0.39 is 11.8 Å². The van der Waals surface area contributed by atoms with Crippen molar-refractivity contribution in [2.24, 2.45) is 7.05 Å². The molecule has 0 aliphatic heterocycles. The van der Waals surface area contributed by atoms with Crippen molar-refractivity contribution < 1.29 is 9.59 Å². The van der Waals surface area contributed by atoms with E-state index in [-0.39, 0.29) is 11.3 Å². The second-order valence-corrected chi connectivity index (χ2v) is 6.13. The van der Waals surface area contributed by atoms with Crippen LogP contribution in [-0.4, -0.2) is 31.4 Å². The number of hydrogen-bond acceptors (Lipinski definition) is 5. The fraction of sp³-hybridized carbons (Fsp3) is 0.278. The molecule has 2 heterocycles. The lowest BCUT2D eigenvalue weighted by Gasteiger charge is -2.11. The molecule has 0 bridgehead atoms. The first kappa shape index (κ1) is 18.3. The standard InChI is InChI=1S/C18H20N6O3/c1-4-9-24-18(27)13-8-6-5-7-12(13)15(22-24)17(26)20-19-16(25)14-10-11(2)21-23(14)3/h5-8,10H,4,9H2,1-3H3,(H,19,25)(H,20,26). The van der Waals surface area contributed by atoms with E-state index in [1.165, 1.54) is 9.36 Å². The molecule has 0 saturated heterocycles. The number of rotatable bonds is 4. The van der Waals surface area contributed by atoms with Crippen LogP contribution in [0.15, 0.2) is 35.1 Å². The van der Waals surface area contributed by atoms with E-state index in [1.54, 1.807) is 44.3 Å². The predicted molar refractivity (Wildman–Crippen MR) is 99.2 cm³/mol. The fourth-order valence-electron chi connectivity index (χ4n) is 2.83. The van der Waals surface area contributed by atoms with Gasteiger partial charge in [0, 0.05) is 19.0 Å². The third-order valence-corrected chi connectivity index (χ3v) is 4.04. The Morgan fingerprint density at radius 3 is 2.37 bits per heavy atom. The molecule has 0 saturated carbocycles. The smallest absolute Gasteiger partial charge is 0.267 e. The van der Waals surface area contributed by atoms with Crippen LogP contribution in [0.4, 0.5) is 0 Å². The molecular formula is C18H20N6O3. The Balaban J connectivity index is 1.89. The normalized spacial score (nSPS) is 10.8. The highest BCUT2D eigenvalue weighted by atomic mass is 16.2. The van der Waals surface area contributed by atoms with Crippen molar-refractivity contribution in [1.82, 2.24) is 30.4 Å². The monoisotopic (exact) mass is 368 g/mol. The molecule has 1 aromatic carbocycles. The number of hydrogen-bond donors (Lipinski definition) is 2. The maximum Gasteiger partial charge on any atom is 0.290 e. The average Bonchev–Trinajstić information content (AvgIpc) is 3.00. The molecule has 2 amide bonds. The van der Waals surface area contributed by atoms with E-state index in [0.29, 0.717) is 35.1 Å². The second-order valence-electron chi connectivity index (χ2n) is 6.13. The lowest BCUT2D eigenvalue weighted by molar-refractivity contribution is 0.0838. The zero-order valence-corrected chi connectivity index (χ0v) is 15.3. The van der Waals surface area contributed by atoms with E-state index in [2.05, 4.69) is 21.0 Å². The highest BCUT2D eigenvalue weighted by Gasteiger charge is 2.18. The summed E-state index contributed by atoms with van der Waals surface area (Å²) >= 11 is 0. The molecule has 9 nitrogen and oxygen atoms in total. The number of amides is 2. The SMILES string of the molecule is CCCn1nc(C(=O)NNC(=O)c2cc(C)nn2C)c2ccccc2c1=O. The molecule has 3 rings (SSSR count).